The first-order valence-electron chi connectivity index (χ1n) is 6.85. The van der Waals surface area contributed by atoms with Gasteiger partial charge in [0.25, 0.3) is 0 Å². The summed E-state index contributed by atoms with van der Waals surface area (Å²) in [4.78, 5) is 4.36. The van der Waals surface area contributed by atoms with Crippen LogP contribution in [-0.4, -0.2) is 11.5 Å². The summed E-state index contributed by atoms with van der Waals surface area (Å²) in [7, 11) is 0. The highest BCUT2D eigenvalue weighted by molar-refractivity contribution is 9.10. The van der Waals surface area contributed by atoms with Crippen molar-refractivity contribution < 1.29 is 0 Å². The molecule has 0 spiro atoms. The zero-order valence-corrected chi connectivity index (χ0v) is 13.4. The topological polar surface area (TPSA) is 24.9 Å². The molecule has 2 nitrogen and oxygen atoms in total. The molecule has 0 aliphatic heterocycles. The third kappa shape index (κ3) is 6.50. The molecule has 3 heteroatoms. The van der Waals surface area contributed by atoms with Gasteiger partial charge in [-0.1, -0.05) is 40.0 Å². The predicted octanol–water partition coefficient (Wildman–Crippen LogP) is 4.54. The summed E-state index contributed by atoms with van der Waals surface area (Å²) in [5.74, 6) is 0. The van der Waals surface area contributed by atoms with Crippen LogP contribution in [0.2, 0.25) is 0 Å². The van der Waals surface area contributed by atoms with E-state index < -0.39 is 0 Å². The Morgan fingerprint density at radius 2 is 2.06 bits per heavy atom. The van der Waals surface area contributed by atoms with E-state index in [0.29, 0.717) is 5.41 Å². The van der Waals surface area contributed by atoms with E-state index in [1.807, 2.05) is 12.3 Å². The molecule has 102 valence electrons. The molecule has 0 saturated heterocycles. The van der Waals surface area contributed by atoms with Gasteiger partial charge in [-0.15, -0.1) is 0 Å². The minimum absolute atomic E-state index is 0.379. The quantitative estimate of drug-likeness (QED) is 0.713. The SMILES string of the molecule is CCCCCC(C)(C)CNCc1ccc(Br)cn1. The Labute approximate surface area is 120 Å². The van der Waals surface area contributed by atoms with Crippen molar-refractivity contribution in [2.45, 2.75) is 53.0 Å². The molecule has 0 bridgehead atoms. The first kappa shape index (κ1) is 15.6. The fraction of sp³-hybridized carbons (Fsp3) is 0.667. The Morgan fingerprint density at radius 3 is 2.67 bits per heavy atom. The molecule has 0 radical (unpaired) electrons. The molecule has 0 unspecified atom stereocenters. The third-order valence-corrected chi connectivity index (χ3v) is 3.62. The number of aromatic nitrogens is 1. The Bertz CT molecular complexity index is 333. The molecule has 18 heavy (non-hydrogen) atoms. The molecule has 1 aromatic heterocycles. The maximum absolute atomic E-state index is 4.36. The van der Waals surface area contributed by atoms with Gasteiger partial charge in [0.15, 0.2) is 0 Å². The van der Waals surface area contributed by atoms with Crippen molar-refractivity contribution in [2.24, 2.45) is 5.41 Å². The number of halogens is 1. The molecule has 1 N–H and O–H groups in total. The van der Waals surface area contributed by atoms with Gasteiger partial charge in [0.2, 0.25) is 0 Å². The summed E-state index contributed by atoms with van der Waals surface area (Å²) >= 11 is 3.40. The summed E-state index contributed by atoms with van der Waals surface area (Å²) in [6.45, 7) is 8.83. The lowest BCUT2D eigenvalue weighted by atomic mass is 9.87. The number of pyridine rings is 1. The van der Waals surface area contributed by atoms with E-state index in [4.69, 9.17) is 0 Å². The average Bonchev–Trinajstić information content (AvgIpc) is 2.32. The first-order valence-corrected chi connectivity index (χ1v) is 7.64. The van der Waals surface area contributed by atoms with Crippen molar-refractivity contribution in [1.82, 2.24) is 10.3 Å². The molecular formula is C15H25BrN2. The molecule has 0 saturated carbocycles. The number of rotatable bonds is 8. The van der Waals surface area contributed by atoms with E-state index >= 15 is 0 Å². The Kier molecular flexibility index (Phi) is 6.87. The Balaban J connectivity index is 2.25. The highest BCUT2D eigenvalue weighted by Gasteiger charge is 2.16. The van der Waals surface area contributed by atoms with Gasteiger partial charge in [-0.3, -0.25) is 4.98 Å². The van der Waals surface area contributed by atoms with Crippen LogP contribution in [0.25, 0.3) is 0 Å². The van der Waals surface area contributed by atoms with Crippen molar-refractivity contribution in [3.63, 3.8) is 0 Å². The smallest absolute Gasteiger partial charge is 0.0542 e. The highest BCUT2D eigenvalue weighted by Crippen LogP contribution is 2.22. The molecule has 0 atom stereocenters. The Morgan fingerprint density at radius 1 is 1.28 bits per heavy atom. The lowest BCUT2D eigenvalue weighted by Crippen LogP contribution is -2.29. The second kappa shape index (κ2) is 7.90. The minimum atomic E-state index is 0.379. The third-order valence-electron chi connectivity index (χ3n) is 3.16. The summed E-state index contributed by atoms with van der Waals surface area (Å²) in [6.07, 6.45) is 7.12. The fourth-order valence-electron chi connectivity index (χ4n) is 1.98. The largest absolute Gasteiger partial charge is 0.311 e. The van der Waals surface area contributed by atoms with Crippen LogP contribution in [0.5, 0.6) is 0 Å². The lowest BCUT2D eigenvalue weighted by Gasteiger charge is -2.25. The van der Waals surface area contributed by atoms with E-state index in [9.17, 15) is 0 Å². The van der Waals surface area contributed by atoms with Gasteiger partial charge in [-0.25, -0.2) is 0 Å². The van der Waals surface area contributed by atoms with Gasteiger partial charge >= 0.3 is 0 Å². The first-order chi connectivity index (χ1) is 8.53. The van der Waals surface area contributed by atoms with Gasteiger partial charge in [0, 0.05) is 23.8 Å². The van der Waals surface area contributed by atoms with Crippen molar-refractivity contribution in [2.75, 3.05) is 6.54 Å². The molecular weight excluding hydrogens is 288 g/mol. The van der Waals surface area contributed by atoms with Crippen molar-refractivity contribution in [1.29, 1.82) is 0 Å². The van der Waals surface area contributed by atoms with Gasteiger partial charge in [0.05, 0.1) is 5.69 Å². The lowest BCUT2D eigenvalue weighted by molar-refractivity contribution is 0.301. The number of hydrogen-bond acceptors (Lipinski definition) is 2. The van der Waals surface area contributed by atoms with Gasteiger partial charge in [-0.2, -0.15) is 0 Å². The molecule has 0 amide bonds. The summed E-state index contributed by atoms with van der Waals surface area (Å²) in [6, 6.07) is 4.09. The summed E-state index contributed by atoms with van der Waals surface area (Å²) in [5, 5.41) is 3.51. The van der Waals surface area contributed by atoms with Crippen LogP contribution in [0.1, 0.15) is 52.1 Å². The van der Waals surface area contributed by atoms with Crippen LogP contribution < -0.4 is 5.32 Å². The van der Waals surface area contributed by atoms with Crippen LogP contribution in [0.4, 0.5) is 0 Å². The molecule has 0 aliphatic carbocycles. The molecule has 1 heterocycles. The molecule has 0 aromatic carbocycles. The minimum Gasteiger partial charge on any atom is -0.311 e. The average molecular weight is 313 g/mol. The molecule has 0 fully saturated rings. The standard InChI is InChI=1S/C15H25BrN2/c1-4-5-6-9-15(2,3)12-17-11-14-8-7-13(16)10-18-14/h7-8,10,17H,4-6,9,11-12H2,1-3H3. The van der Waals surface area contributed by atoms with E-state index in [0.717, 1.165) is 23.3 Å². The zero-order chi connectivity index (χ0) is 13.4. The molecule has 1 rings (SSSR count). The van der Waals surface area contributed by atoms with Gasteiger partial charge in [-0.05, 0) is 39.9 Å². The van der Waals surface area contributed by atoms with Crippen molar-refractivity contribution in [3.05, 3.63) is 28.5 Å². The Hall–Kier alpha value is -0.410. The number of unbranched alkanes of at least 4 members (excludes halogenated alkanes) is 2. The van der Waals surface area contributed by atoms with Crippen LogP contribution in [0, 0.1) is 5.41 Å². The summed E-state index contributed by atoms with van der Waals surface area (Å²) in [5.41, 5.74) is 1.48. The van der Waals surface area contributed by atoms with E-state index in [1.54, 1.807) is 0 Å². The molecule has 0 aliphatic rings. The molecule has 1 aromatic rings. The maximum atomic E-state index is 4.36. The fourth-order valence-corrected chi connectivity index (χ4v) is 2.22. The maximum Gasteiger partial charge on any atom is 0.0542 e. The van der Waals surface area contributed by atoms with Crippen LogP contribution >= 0.6 is 15.9 Å². The van der Waals surface area contributed by atoms with Crippen LogP contribution in [-0.2, 0) is 6.54 Å². The second-order valence-electron chi connectivity index (χ2n) is 5.69. The van der Waals surface area contributed by atoms with Crippen LogP contribution in [0.3, 0.4) is 0 Å². The normalized spacial score (nSPS) is 11.8. The van der Waals surface area contributed by atoms with Gasteiger partial charge in [0.1, 0.15) is 0 Å². The number of nitrogens with one attached hydrogen (secondary N) is 1. The van der Waals surface area contributed by atoms with Crippen molar-refractivity contribution in [3.8, 4) is 0 Å². The van der Waals surface area contributed by atoms with E-state index in [-0.39, 0.29) is 0 Å². The number of hydrogen-bond donors (Lipinski definition) is 1. The predicted molar refractivity (Wildman–Crippen MR) is 81.6 cm³/mol. The van der Waals surface area contributed by atoms with E-state index in [2.05, 4.69) is 53.1 Å². The van der Waals surface area contributed by atoms with Crippen molar-refractivity contribution >= 4 is 15.9 Å². The summed E-state index contributed by atoms with van der Waals surface area (Å²) < 4.78 is 1.03. The highest BCUT2D eigenvalue weighted by atomic mass is 79.9. The monoisotopic (exact) mass is 312 g/mol. The van der Waals surface area contributed by atoms with Gasteiger partial charge < -0.3 is 5.32 Å². The number of nitrogens with zero attached hydrogens (tertiary/aromatic N) is 1. The van der Waals surface area contributed by atoms with E-state index in [1.165, 1.54) is 25.7 Å². The second-order valence-corrected chi connectivity index (χ2v) is 6.61. The van der Waals surface area contributed by atoms with Crippen LogP contribution in [0.15, 0.2) is 22.8 Å². The zero-order valence-electron chi connectivity index (χ0n) is 11.8.